The fraction of sp³-hybridized carbons (Fsp3) is 0.857. The van der Waals surface area contributed by atoms with Crippen LogP contribution in [0.25, 0.3) is 0 Å². The Labute approximate surface area is 114 Å². The van der Waals surface area contributed by atoms with E-state index in [-0.39, 0.29) is 11.8 Å². The molecule has 0 aromatic carbocycles. The first kappa shape index (κ1) is 15.5. The van der Waals surface area contributed by atoms with Crippen molar-refractivity contribution in [1.29, 1.82) is 0 Å². The highest BCUT2D eigenvalue weighted by atomic mass is 32.2. The lowest BCUT2D eigenvalue weighted by Crippen LogP contribution is -2.28. The van der Waals surface area contributed by atoms with E-state index in [1.54, 1.807) is 18.7 Å². The molecule has 0 radical (unpaired) electrons. The van der Waals surface area contributed by atoms with Crippen LogP contribution >= 0.6 is 11.8 Å². The molecular formula is C14H24O3S. The van der Waals surface area contributed by atoms with E-state index >= 15 is 0 Å². The van der Waals surface area contributed by atoms with E-state index in [4.69, 9.17) is 4.74 Å². The smallest absolute Gasteiger partial charge is 0.316 e. The van der Waals surface area contributed by atoms with Crippen LogP contribution in [0.1, 0.15) is 52.4 Å². The molecule has 0 N–H and O–H groups in total. The fourth-order valence-electron chi connectivity index (χ4n) is 2.30. The quantitative estimate of drug-likeness (QED) is 0.502. The minimum atomic E-state index is -0.538. The first-order valence-corrected chi connectivity index (χ1v) is 8.04. The molecule has 0 heterocycles. The van der Waals surface area contributed by atoms with Gasteiger partial charge in [0.2, 0.25) is 0 Å². The van der Waals surface area contributed by atoms with Crippen molar-refractivity contribution in [2.75, 3.05) is 12.4 Å². The van der Waals surface area contributed by atoms with Gasteiger partial charge < -0.3 is 4.74 Å². The Morgan fingerprint density at radius 2 is 1.94 bits per heavy atom. The fourth-order valence-corrected chi connectivity index (χ4v) is 3.57. The number of esters is 1. The third-order valence-corrected chi connectivity index (χ3v) is 4.69. The lowest BCUT2D eigenvalue weighted by atomic mass is 10.00. The first-order valence-electron chi connectivity index (χ1n) is 7.00. The monoisotopic (exact) mass is 272 g/mol. The van der Waals surface area contributed by atoms with Gasteiger partial charge in [-0.2, -0.15) is 11.8 Å². The molecule has 1 fully saturated rings. The van der Waals surface area contributed by atoms with Crippen molar-refractivity contribution in [3.63, 3.8) is 0 Å². The Morgan fingerprint density at radius 1 is 1.28 bits per heavy atom. The van der Waals surface area contributed by atoms with Gasteiger partial charge in [-0.1, -0.05) is 26.2 Å². The standard InChI is InChI=1S/C14H24O3S/c1-3-7-12(14(16)17-4-2)13(15)10-18-11-8-5-6-9-11/h11-12H,3-10H2,1-2H3. The highest BCUT2D eigenvalue weighted by Crippen LogP contribution is 2.30. The van der Waals surface area contributed by atoms with E-state index in [0.717, 1.165) is 6.42 Å². The minimum Gasteiger partial charge on any atom is -0.465 e. The average Bonchev–Trinajstić information content (AvgIpc) is 2.86. The molecule has 0 aromatic heterocycles. The summed E-state index contributed by atoms with van der Waals surface area (Å²) in [6.45, 7) is 4.12. The molecule has 0 amide bonds. The second kappa shape index (κ2) is 8.57. The highest BCUT2D eigenvalue weighted by Gasteiger charge is 2.27. The molecule has 1 saturated carbocycles. The molecule has 3 nitrogen and oxygen atoms in total. The molecule has 0 aliphatic heterocycles. The molecule has 1 atom stereocenters. The van der Waals surface area contributed by atoms with Gasteiger partial charge in [-0.25, -0.2) is 0 Å². The van der Waals surface area contributed by atoms with E-state index in [1.807, 2.05) is 6.92 Å². The molecule has 18 heavy (non-hydrogen) atoms. The zero-order valence-electron chi connectivity index (χ0n) is 11.4. The maximum atomic E-state index is 12.1. The van der Waals surface area contributed by atoms with Crippen LogP contribution in [0, 0.1) is 5.92 Å². The Balaban J connectivity index is 2.40. The molecule has 0 bridgehead atoms. The normalized spacial score (nSPS) is 17.7. The number of carbonyl (C=O) groups is 2. The first-order chi connectivity index (χ1) is 8.69. The SMILES string of the molecule is CCCC(C(=O)CSC1CCCC1)C(=O)OCC. The van der Waals surface area contributed by atoms with Crippen LogP contribution in [0.4, 0.5) is 0 Å². The van der Waals surface area contributed by atoms with Crippen LogP contribution in [-0.4, -0.2) is 29.4 Å². The zero-order chi connectivity index (χ0) is 13.4. The summed E-state index contributed by atoms with van der Waals surface area (Å²) < 4.78 is 4.98. The van der Waals surface area contributed by atoms with Crippen LogP contribution in [0.3, 0.4) is 0 Å². The van der Waals surface area contributed by atoms with Gasteiger partial charge >= 0.3 is 5.97 Å². The van der Waals surface area contributed by atoms with Gasteiger partial charge in [-0.05, 0) is 26.2 Å². The molecular weight excluding hydrogens is 248 g/mol. The Bertz CT molecular complexity index is 272. The number of ether oxygens (including phenoxy) is 1. The molecule has 4 heteroatoms. The number of hydrogen-bond acceptors (Lipinski definition) is 4. The lowest BCUT2D eigenvalue weighted by Gasteiger charge is -2.15. The molecule has 0 saturated heterocycles. The van der Waals surface area contributed by atoms with Gasteiger partial charge in [0.15, 0.2) is 5.78 Å². The van der Waals surface area contributed by atoms with Gasteiger partial charge in [0, 0.05) is 5.25 Å². The van der Waals surface area contributed by atoms with Crippen molar-refractivity contribution in [3.05, 3.63) is 0 Å². The number of Topliss-reactive ketones (excluding diaryl/α,β-unsaturated/α-hetero) is 1. The second-order valence-corrected chi connectivity index (χ2v) is 6.07. The van der Waals surface area contributed by atoms with Crippen molar-refractivity contribution >= 4 is 23.5 Å². The molecule has 0 aromatic rings. The minimum absolute atomic E-state index is 0.0483. The van der Waals surface area contributed by atoms with Crippen LogP contribution in [-0.2, 0) is 14.3 Å². The topological polar surface area (TPSA) is 43.4 Å². The summed E-state index contributed by atoms with van der Waals surface area (Å²) in [6, 6.07) is 0. The van der Waals surface area contributed by atoms with Crippen LogP contribution in [0.2, 0.25) is 0 Å². The molecule has 104 valence electrons. The summed E-state index contributed by atoms with van der Waals surface area (Å²) >= 11 is 1.72. The van der Waals surface area contributed by atoms with Crippen LogP contribution < -0.4 is 0 Å². The van der Waals surface area contributed by atoms with Gasteiger partial charge in [0.05, 0.1) is 12.4 Å². The van der Waals surface area contributed by atoms with Crippen LogP contribution in [0.5, 0.6) is 0 Å². The van der Waals surface area contributed by atoms with Gasteiger partial charge in [0.25, 0.3) is 0 Å². The molecule has 1 aliphatic carbocycles. The van der Waals surface area contributed by atoms with E-state index in [1.165, 1.54) is 25.7 Å². The maximum Gasteiger partial charge on any atom is 0.316 e. The number of hydrogen-bond donors (Lipinski definition) is 0. The molecule has 1 aliphatic rings. The number of thioether (sulfide) groups is 1. The number of ketones is 1. The predicted molar refractivity (Wildman–Crippen MR) is 74.8 cm³/mol. The molecule has 1 rings (SSSR count). The largest absolute Gasteiger partial charge is 0.465 e. The van der Waals surface area contributed by atoms with Gasteiger partial charge in [0.1, 0.15) is 5.92 Å². The van der Waals surface area contributed by atoms with Crippen molar-refractivity contribution in [1.82, 2.24) is 0 Å². The third kappa shape index (κ3) is 5.01. The third-order valence-electron chi connectivity index (χ3n) is 3.30. The number of rotatable bonds is 8. The van der Waals surface area contributed by atoms with Gasteiger partial charge in [-0.15, -0.1) is 0 Å². The van der Waals surface area contributed by atoms with Crippen LogP contribution in [0.15, 0.2) is 0 Å². The summed E-state index contributed by atoms with van der Waals surface area (Å²) in [5.41, 5.74) is 0. The lowest BCUT2D eigenvalue weighted by molar-refractivity contribution is -0.151. The summed E-state index contributed by atoms with van der Waals surface area (Å²) in [5, 5.41) is 0.624. The zero-order valence-corrected chi connectivity index (χ0v) is 12.3. The van der Waals surface area contributed by atoms with E-state index < -0.39 is 5.92 Å². The van der Waals surface area contributed by atoms with Crippen molar-refractivity contribution in [3.8, 4) is 0 Å². The highest BCUT2D eigenvalue weighted by molar-refractivity contribution is 8.00. The second-order valence-electron chi connectivity index (χ2n) is 4.78. The van der Waals surface area contributed by atoms with Gasteiger partial charge in [-0.3, -0.25) is 9.59 Å². The average molecular weight is 272 g/mol. The van der Waals surface area contributed by atoms with Crippen molar-refractivity contribution < 1.29 is 14.3 Å². The predicted octanol–water partition coefficient (Wildman–Crippen LogP) is 3.21. The number of carbonyl (C=O) groups excluding carboxylic acids is 2. The summed E-state index contributed by atoms with van der Waals surface area (Å²) in [5.74, 6) is -0.360. The summed E-state index contributed by atoms with van der Waals surface area (Å²) in [4.78, 5) is 23.8. The van der Waals surface area contributed by atoms with Crippen molar-refractivity contribution in [2.45, 2.75) is 57.6 Å². The Kier molecular flexibility index (Phi) is 7.40. The van der Waals surface area contributed by atoms with E-state index in [0.29, 0.717) is 24.0 Å². The molecule has 0 spiro atoms. The van der Waals surface area contributed by atoms with Crippen molar-refractivity contribution in [2.24, 2.45) is 5.92 Å². The Hall–Kier alpha value is -0.510. The van der Waals surface area contributed by atoms with E-state index in [2.05, 4.69) is 0 Å². The summed E-state index contributed by atoms with van der Waals surface area (Å²) in [7, 11) is 0. The molecule has 1 unspecified atom stereocenters. The Morgan fingerprint density at radius 3 is 2.50 bits per heavy atom. The summed E-state index contributed by atoms with van der Waals surface area (Å²) in [6.07, 6.45) is 6.45. The van der Waals surface area contributed by atoms with E-state index in [9.17, 15) is 9.59 Å². The maximum absolute atomic E-state index is 12.1.